The molecule has 18 heavy (non-hydrogen) atoms. The summed E-state index contributed by atoms with van der Waals surface area (Å²) < 4.78 is 10.3. The Morgan fingerprint density at radius 3 is 2.28 bits per heavy atom. The smallest absolute Gasteiger partial charge is 0.411 e. The van der Waals surface area contributed by atoms with Crippen LogP contribution in [0.15, 0.2) is 0 Å². The molecular weight excluding hydrogens is 238 g/mol. The number of nitrogens with zero attached hydrogens (tertiary/aromatic N) is 1. The van der Waals surface area contributed by atoms with Crippen LogP contribution in [-0.4, -0.2) is 53.0 Å². The monoisotopic (exact) mass is 259 g/mol. The number of hydrogen-bond donors (Lipinski definition) is 1. The second-order valence-electron chi connectivity index (χ2n) is 5.34. The van der Waals surface area contributed by atoms with Gasteiger partial charge in [-0.1, -0.05) is 6.92 Å². The van der Waals surface area contributed by atoms with Gasteiger partial charge in [0.15, 0.2) is 0 Å². The van der Waals surface area contributed by atoms with Gasteiger partial charge >= 0.3 is 12.1 Å². The SMILES string of the molecule is CCC(C(=O)O)N(C(=O)OC(C)(C)C)C1COC1. The molecule has 0 bridgehead atoms. The van der Waals surface area contributed by atoms with Crippen molar-refractivity contribution < 1.29 is 24.2 Å². The quantitative estimate of drug-likeness (QED) is 0.827. The molecule has 0 aromatic carbocycles. The van der Waals surface area contributed by atoms with Gasteiger partial charge in [0.1, 0.15) is 11.6 Å². The number of aliphatic carboxylic acids is 1. The average Bonchev–Trinajstić information content (AvgIpc) is 2.10. The number of rotatable bonds is 4. The van der Waals surface area contributed by atoms with Crippen molar-refractivity contribution in [1.82, 2.24) is 4.90 Å². The Bertz CT molecular complexity index is 319. The van der Waals surface area contributed by atoms with Crippen LogP contribution in [0.5, 0.6) is 0 Å². The maximum Gasteiger partial charge on any atom is 0.411 e. The van der Waals surface area contributed by atoms with Crippen molar-refractivity contribution in [3.8, 4) is 0 Å². The fourth-order valence-electron chi connectivity index (χ4n) is 1.72. The normalized spacial score (nSPS) is 17.8. The molecule has 0 spiro atoms. The average molecular weight is 259 g/mol. The third-order valence-electron chi connectivity index (χ3n) is 2.63. The molecule has 0 saturated carbocycles. The van der Waals surface area contributed by atoms with E-state index in [4.69, 9.17) is 14.6 Å². The molecule has 1 fully saturated rings. The van der Waals surface area contributed by atoms with Crippen molar-refractivity contribution in [2.75, 3.05) is 13.2 Å². The van der Waals surface area contributed by atoms with E-state index < -0.39 is 23.7 Å². The third kappa shape index (κ3) is 3.60. The molecule has 1 atom stereocenters. The number of carbonyl (C=O) groups is 2. The maximum atomic E-state index is 12.1. The zero-order valence-corrected chi connectivity index (χ0v) is 11.3. The number of carboxylic acids is 1. The van der Waals surface area contributed by atoms with E-state index in [2.05, 4.69) is 0 Å². The summed E-state index contributed by atoms with van der Waals surface area (Å²) in [5.74, 6) is -1.02. The van der Waals surface area contributed by atoms with Crippen LogP contribution in [0.1, 0.15) is 34.1 Å². The lowest BCUT2D eigenvalue weighted by Gasteiger charge is -2.40. The van der Waals surface area contributed by atoms with E-state index in [1.807, 2.05) is 0 Å². The summed E-state index contributed by atoms with van der Waals surface area (Å²) in [6, 6.07) is -1.07. The third-order valence-corrected chi connectivity index (χ3v) is 2.63. The van der Waals surface area contributed by atoms with Gasteiger partial charge in [0, 0.05) is 0 Å². The number of amides is 1. The highest BCUT2D eigenvalue weighted by molar-refractivity contribution is 5.80. The van der Waals surface area contributed by atoms with Gasteiger partial charge in [-0.05, 0) is 27.2 Å². The second-order valence-corrected chi connectivity index (χ2v) is 5.34. The highest BCUT2D eigenvalue weighted by atomic mass is 16.6. The van der Waals surface area contributed by atoms with E-state index >= 15 is 0 Å². The van der Waals surface area contributed by atoms with Crippen LogP contribution in [0.3, 0.4) is 0 Å². The van der Waals surface area contributed by atoms with Crippen molar-refractivity contribution in [2.45, 2.75) is 51.8 Å². The lowest BCUT2D eigenvalue weighted by molar-refractivity contribution is -0.149. The van der Waals surface area contributed by atoms with E-state index in [0.717, 1.165) is 0 Å². The first kappa shape index (κ1) is 14.8. The van der Waals surface area contributed by atoms with Crippen molar-refractivity contribution in [1.29, 1.82) is 0 Å². The number of carboxylic acid groups (broad SMARTS) is 1. The highest BCUT2D eigenvalue weighted by Crippen LogP contribution is 2.20. The Kier molecular flexibility index (Phi) is 4.56. The maximum absolute atomic E-state index is 12.1. The van der Waals surface area contributed by atoms with E-state index in [0.29, 0.717) is 19.6 Å². The van der Waals surface area contributed by atoms with Gasteiger partial charge in [0.25, 0.3) is 0 Å². The molecule has 1 amide bonds. The molecule has 104 valence electrons. The van der Waals surface area contributed by atoms with Gasteiger partial charge in [-0.15, -0.1) is 0 Å². The van der Waals surface area contributed by atoms with E-state index in [1.165, 1.54) is 4.90 Å². The molecule has 6 heteroatoms. The summed E-state index contributed by atoms with van der Waals surface area (Å²) in [4.78, 5) is 24.6. The first-order valence-electron chi connectivity index (χ1n) is 6.08. The number of hydrogen-bond acceptors (Lipinski definition) is 4. The summed E-state index contributed by atoms with van der Waals surface area (Å²) in [5, 5.41) is 9.17. The lowest BCUT2D eigenvalue weighted by Crippen LogP contribution is -2.58. The Balaban J connectivity index is 2.83. The Morgan fingerprint density at radius 1 is 1.44 bits per heavy atom. The van der Waals surface area contributed by atoms with E-state index in [1.54, 1.807) is 27.7 Å². The first-order chi connectivity index (χ1) is 8.26. The minimum atomic E-state index is -1.02. The van der Waals surface area contributed by atoms with Gasteiger partial charge in [-0.2, -0.15) is 0 Å². The molecule has 0 radical (unpaired) electrons. The van der Waals surface area contributed by atoms with Gasteiger partial charge < -0.3 is 14.6 Å². The van der Waals surface area contributed by atoms with Crippen LogP contribution in [0.25, 0.3) is 0 Å². The van der Waals surface area contributed by atoms with Crippen LogP contribution in [0.2, 0.25) is 0 Å². The second kappa shape index (κ2) is 5.56. The molecule has 6 nitrogen and oxygen atoms in total. The molecule has 1 saturated heterocycles. The number of ether oxygens (including phenoxy) is 2. The fourth-order valence-corrected chi connectivity index (χ4v) is 1.72. The van der Waals surface area contributed by atoms with Gasteiger partial charge in [-0.25, -0.2) is 9.59 Å². The van der Waals surface area contributed by atoms with Gasteiger partial charge in [-0.3, -0.25) is 4.90 Å². The summed E-state index contributed by atoms with van der Waals surface area (Å²) in [6.45, 7) is 7.72. The Labute approximate surface area is 107 Å². The standard InChI is InChI=1S/C12H21NO5/c1-5-9(10(14)15)13(8-6-17-7-8)11(16)18-12(2,3)4/h8-9H,5-7H2,1-4H3,(H,14,15). The largest absolute Gasteiger partial charge is 0.480 e. The van der Waals surface area contributed by atoms with Crippen molar-refractivity contribution in [3.05, 3.63) is 0 Å². The van der Waals surface area contributed by atoms with Gasteiger partial charge in [0.05, 0.1) is 19.3 Å². The summed E-state index contributed by atoms with van der Waals surface area (Å²) in [5.41, 5.74) is -0.642. The molecule has 0 aromatic rings. The lowest BCUT2D eigenvalue weighted by atomic mass is 10.1. The predicted molar refractivity (Wildman–Crippen MR) is 64.4 cm³/mol. The molecule has 1 N–H and O–H groups in total. The molecule has 1 heterocycles. The minimum Gasteiger partial charge on any atom is -0.480 e. The van der Waals surface area contributed by atoms with Crippen LogP contribution in [0, 0.1) is 0 Å². The fraction of sp³-hybridized carbons (Fsp3) is 0.833. The molecule has 1 aliphatic rings. The van der Waals surface area contributed by atoms with Crippen molar-refractivity contribution in [2.24, 2.45) is 0 Å². The van der Waals surface area contributed by atoms with Crippen molar-refractivity contribution >= 4 is 12.1 Å². The van der Waals surface area contributed by atoms with Crippen LogP contribution in [-0.2, 0) is 14.3 Å². The molecule has 0 aromatic heterocycles. The molecule has 0 aliphatic carbocycles. The molecule has 1 aliphatic heterocycles. The molecule has 1 rings (SSSR count). The van der Waals surface area contributed by atoms with Gasteiger partial charge in [0.2, 0.25) is 0 Å². The summed E-state index contributed by atoms with van der Waals surface area (Å²) >= 11 is 0. The first-order valence-corrected chi connectivity index (χ1v) is 6.08. The highest BCUT2D eigenvalue weighted by Gasteiger charge is 2.40. The summed E-state index contributed by atoms with van der Waals surface area (Å²) in [7, 11) is 0. The number of carbonyl (C=O) groups excluding carboxylic acids is 1. The molecular formula is C12H21NO5. The Hall–Kier alpha value is -1.30. The van der Waals surface area contributed by atoms with Crippen LogP contribution in [0.4, 0.5) is 4.79 Å². The Morgan fingerprint density at radius 2 is 2.00 bits per heavy atom. The summed E-state index contributed by atoms with van der Waals surface area (Å²) in [6.07, 6.45) is -0.254. The zero-order valence-electron chi connectivity index (χ0n) is 11.3. The van der Waals surface area contributed by atoms with E-state index in [-0.39, 0.29) is 6.04 Å². The predicted octanol–water partition coefficient (Wildman–Crippen LogP) is 1.49. The molecule has 1 unspecified atom stereocenters. The topological polar surface area (TPSA) is 76.1 Å². The van der Waals surface area contributed by atoms with Crippen LogP contribution >= 0.6 is 0 Å². The van der Waals surface area contributed by atoms with Crippen LogP contribution < -0.4 is 0 Å². The zero-order chi connectivity index (χ0) is 13.9. The van der Waals surface area contributed by atoms with E-state index in [9.17, 15) is 9.59 Å². The van der Waals surface area contributed by atoms with Crippen molar-refractivity contribution in [3.63, 3.8) is 0 Å². The minimum absolute atomic E-state index is 0.208.